The third kappa shape index (κ3) is 4.04. The van der Waals surface area contributed by atoms with Crippen molar-refractivity contribution in [3.05, 3.63) is 47.0 Å². The molecule has 0 aliphatic rings. The summed E-state index contributed by atoms with van der Waals surface area (Å²) in [6, 6.07) is 7.90. The summed E-state index contributed by atoms with van der Waals surface area (Å²) in [7, 11) is 0. The first-order valence-corrected chi connectivity index (χ1v) is 5.34. The minimum atomic E-state index is 0.166. The monoisotopic (exact) mass is 224 g/mol. The van der Waals surface area contributed by atoms with Crippen LogP contribution in [0, 0.1) is 0 Å². The predicted molar refractivity (Wildman–Crippen MR) is 66.1 cm³/mol. The van der Waals surface area contributed by atoms with Crippen LogP contribution < -0.4 is 11.1 Å². The van der Waals surface area contributed by atoms with Crippen LogP contribution in [0.2, 0.25) is 5.02 Å². The van der Waals surface area contributed by atoms with Crippen LogP contribution in [0.1, 0.15) is 18.5 Å². The summed E-state index contributed by atoms with van der Waals surface area (Å²) < 4.78 is 0. The maximum absolute atomic E-state index is 5.82. The van der Waals surface area contributed by atoms with Crippen molar-refractivity contribution < 1.29 is 0 Å². The second kappa shape index (κ2) is 5.91. The van der Waals surface area contributed by atoms with Crippen molar-refractivity contribution in [2.24, 2.45) is 5.73 Å². The van der Waals surface area contributed by atoms with Gasteiger partial charge >= 0.3 is 0 Å². The Hall–Kier alpha value is -0.830. The molecule has 3 heteroatoms. The maximum Gasteiger partial charge on any atom is 0.0447 e. The van der Waals surface area contributed by atoms with E-state index in [4.69, 9.17) is 17.3 Å². The minimum Gasteiger partial charge on any atom is -0.329 e. The molecule has 0 amide bonds. The molecule has 0 heterocycles. The van der Waals surface area contributed by atoms with E-state index < -0.39 is 0 Å². The highest BCUT2D eigenvalue weighted by molar-refractivity contribution is 6.30. The van der Waals surface area contributed by atoms with Gasteiger partial charge in [-0.2, -0.15) is 0 Å². The molecule has 1 rings (SSSR count). The molecule has 0 aliphatic carbocycles. The van der Waals surface area contributed by atoms with Crippen LogP contribution in [-0.2, 0) is 0 Å². The topological polar surface area (TPSA) is 38.0 Å². The first-order chi connectivity index (χ1) is 7.13. The summed E-state index contributed by atoms with van der Waals surface area (Å²) in [4.78, 5) is 0. The van der Waals surface area contributed by atoms with Gasteiger partial charge in [0.15, 0.2) is 0 Å². The van der Waals surface area contributed by atoms with Crippen LogP contribution in [0.15, 0.2) is 36.4 Å². The average molecular weight is 225 g/mol. The first-order valence-electron chi connectivity index (χ1n) is 4.96. The summed E-state index contributed by atoms with van der Waals surface area (Å²) in [6.45, 7) is 7.18. The van der Waals surface area contributed by atoms with E-state index in [2.05, 4.69) is 11.9 Å². The van der Waals surface area contributed by atoms with E-state index in [1.807, 2.05) is 31.2 Å². The van der Waals surface area contributed by atoms with Gasteiger partial charge in [-0.3, -0.25) is 0 Å². The number of hydrogen-bond acceptors (Lipinski definition) is 2. The van der Waals surface area contributed by atoms with E-state index in [0.29, 0.717) is 6.54 Å². The van der Waals surface area contributed by atoms with Crippen molar-refractivity contribution in [2.75, 3.05) is 13.1 Å². The lowest BCUT2D eigenvalue weighted by molar-refractivity contribution is 0.569. The van der Waals surface area contributed by atoms with E-state index in [1.165, 1.54) is 0 Å². The van der Waals surface area contributed by atoms with Crippen LogP contribution in [0.5, 0.6) is 0 Å². The Morgan fingerprint density at radius 1 is 1.47 bits per heavy atom. The molecule has 1 aromatic carbocycles. The van der Waals surface area contributed by atoms with Crippen molar-refractivity contribution >= 4 is 11.6 Å². The van der Waals surface area contributed by atoms with Gasteiger partial charge in [-0.25, -0.2) is 0 Å². The Bertz CT molecular complexity index is 319. The standard InChI is InChI=1S/C12H17ClN2/c1-9(2)8-15-12(7-14)10-3-5-11(13)6-4-10/h3-6,12,15H,1,7-8,14H2,2H3. The first kappa shape index (κ1) is 12.2. The zero-order valence-corrected chi connectivity index (χ0v) is 9.72. The van der Waals surface area contributed by atoms with E-state index in [9.17, 15) is 0 Å². The number of rotatable bonds is 5. The molecule has 0 aromatic heterocycles. The molecule has 1 unspecified atom stereocenters. The molecule has 1 atom stereocenters. The molecular formula is C12H17ClN2. The highest BCUT2D eigenvalue weighted by atomic mass is 35.5. The third-order valence-electron chi connectivity index (χ3n) is 2.16. The van der Waals surface area contributed by atoms with E-state index in [0.717, 1.165) is 22.7 Å². The third-order valence-corrected chi connectivity index (χ3v) is 2.41. The fraction of sp³-hybridized carbons (Fsp3) is 0.333. The van der Waals surface area contributed by atoms with Gasteiger partial charge in [-0.1, -0.05) is 35.9 Å². The molecule has 1 aromatic rings. The van der Waals surface area contributed by atoms with Crippen molar-refractivity contribution in [1.29, 1.82) is 0 Å². The Balaban J connectivity index is 2.65. The molecule has 0 fully saturated rings. The SMILES string of the molecule is C=C(C)CNC(CN)c1ccc(Cl)cc1. The van der Waals surface area contributed by atoms with Crippen molar-refractivity contribution in [1.82, 2.24) is 5.32 Å². The van der Waals surface area contributed by atoms with Crippen LogP contribution in [0.3, 0.4) is 0 Å². The average Bonchev–Trinajstić information content (AvgIpc) is 2.21. The van der Waals surface area contributed by atoms with Gasteiger partial charge in [-0.05, 0) is 24.6 Å². The summed E-state index contributed by atoms with van der Waals surface area (Å²) in [6.07, 6.45) is 0. The summed E-state index contributed by atoms with van der Waals surface area (Å²) in [5.41, 5.74) is 7.96. The number of halogens is 1. The summed E-state index contributed by atoms with van der Waals surface area (Å²) in [5, 5.41) is 4.08. The van der Waals surface area contributed by atoms with Crippen LogP contribution in [-0.4, -0.2) is 13.1 Å². The molecule has 2 nitrogen and oxygen atoms in total. The van der Waals surface area contributed by atoms with Crippen molar-refractivity contribution in [3.63, 3.8) is 0 Å². The highest BCUT2D eigenvalue weighted by Gasteiger charge is 2.07. The second-order valence-corrected chi connectivity index (χ2v) is 4.11. The number of nitrogens with two attached hydrogens (primary N) is 1. The van der Waals surface area contributed by atoms with Crippen LogP contribution >= 0.6 is 11.6 Å². The van der Waals surface area contributed by atoms with Gasteiger partial charge in [0.05, 0.1) is 0 Å². The molecule has 0 aliphatic heterocycles. The Labute approximate surface area is 96.1 Å². The largest absolute Gasteiger partial charge is 0.329 e. The second-order valence-electron chi connectivity index (χ2n) is 3.68. The summed E-state index contributed by atoms with van der Waals surface area (Å²) >= 11 is 5.82. The van der Waals surface area contributed by atoms with Crippen molar-refractivity contribution in [2.45, 2.75) is 13.0 Å². The number of benzene rings is 1. The Kier molecular flexibility index (Phi) is 4.82. The fourth-order valence-electron chi connectivity index (χ4n) is 1.33. The van der Waals surface area contributed by atoms with E-state index >= 15 is 0 Å². The lowest BCUT2D eigenvalue weighted by atomic mass is 10.1. The zero-order chi connectivity index (χ0) is 11.3. The van der Waals surface area contributed by atoms with Crippen molar-refractivity contribution in [3.8, 4) is 0 Å². The fourth-order valence-corrected chi connectivity index (χ4v) is 1.46. The molecule has 0 bridgehead atoms. The zero-order valence-electron chi connectivity index (χ0n) is 8.96. The Morgan fingerprint density at radius 2 is 2.07 bits per heavy atom. The van der Waals surface area contributed by atoms with E-state index in [-0.39, 0.29) is 6.04 Å². The molecule has 0 spiro atoms. The van der Waals surface area contributed by atoms with Crippen LogP contribution in [0.4, 0.5) is 0 Å². The molecule has 82 valence electrons. The van der Waals surface area contributed by atoms with Gasteiger partial charge in [-0.15, -0.1) is 0 Å². The molecule has 0 saturated heterocycles. The normalized spacial score (nSPS) is 12.5. The predicted octanol–water partition coefficient (Wildman–Crippen LogP) is 2.51. The maximum atomic E-state index is 5.82. The summed E-state index contributed by atoms with van der Waals surface area (Å²) in [5.74, 6) is 0. The number of hydrogen-bond donors (Lipinski definition) is 2. The van der Waals surface area contributed by atoms with E-state index in [1.54, 1.807) is 0 Å². The molecule has 0 radical (unpaired) electrons. The smallest absolute Gasteiger partial charge is 0.0447 e. The molecular weight excluding hydrogens is 208 g/mol. The van der Waals surface area contributed by atoms with Gasteiger partial charge < -0.3 is 11.1 Å². The molecule has 15 heavy (non-hydrogen) atoms. The van der Waals surface area contributed by atoms with Gasteiger partial charge in [0.25, 0.3) is 0 Å². The Morgan fingerprint density at radius 3 is 2.53 bits per heavy atom. The van der Waals surface area contributed by atoms with Gasteiger partial charge in [0.2, 0.25) is 0 Å². The van der Waals surface area contributed by atoms with Gasteiger partial charge in [0, 0.05) is 24.2 Å². The lowest BCUT2D eigenvalue weighted by Gasteiger charge is -2.17. The quantitative estimate of drug-likeness (QED) is 0.755. The molecule has 0 saturated carbocycles. The minimum absolute atomic E-state index is 0.166. The number of nitrogens with one attached hydrogen (secondary N) is 1. The highest BCUT2D eigenvalue weighted by Crippen LogP contribution is 2.15. The van der Waals surface area contributed by atoms with Crippen LogP contribution in [0.25, 0.3) is 0 Å². The lowest BCUT2D eigenvalue weighted by Crippen LogP contribution is -2.29. The van der Waals surface area contributed by atoms with Gasteiger partial charge in [0.1, 0.15) is 0 Å². The molecule has 3 N–H and O–H groups in total.